The Balaban J connectivity index is 0.000000125. The first-order valence-electron chi connectivity index (χ1n) is 48.9. The molecule has 23 rings (SSSR count). The predicted molar refractivity (Wildman–Crippen MR) is 579 cm³/mol. The minimum Gasteiger partial charge on any atom is -0.494 e. The molecular weight excluding hydrogens is 2000 g/mol. The molecule has 43 heteroatoms. The number of nitrogen functional groups attached to an aromatic ring is 2. The van der Waals surface area contributed by atoms with E-state index in [1.165, 1.54) is 30.1 Å². The van der Waals surface area contributed by atoms with E-state index in [-0.39, 0.29) is 36.0 Å². The topological polar surface area (TPSA) is 432 Å². The number of nitrogens with one attached hydrogen (secondary N) is 3. The average Bonchev–Trinajstić information content (AvgIpc) is 1.61. The molecule has 0 bridgehead atoms. The first-order valence-corrected chi connectivity index (χ1v) is 50.5. The molecule has 0 spiro atoms. The van der Waals surface area contributed by atoms with Gasteiger partial charge in [0.15, 0.2) is 63.2 Å². The molecule has 3 saturated heterocycles. The normalized spacial score (nSPS) is 15.2. The summed E-state index contributed by atoms with van der Waals surface area (Å²) in [4.78, 5) is 58.1. The summed E-state index contributed by atoms with van der Waals surface area (Å²) in [7, 11) is 13.9. The van der Waals surface area contributed by atoms with E-state index in [0.717, 1.165) is 221 Å². The smallest absolute Gasteiger partial charge is 0.290 e. The number of hydrogen-bond acceptors (Lipinski definition) is 30. The van der Waals surface area contributed by atoms with Gasteiger partial charge in [-0.2, -0.15) is 29.2 Å². The number of anilines is 8. The second-order valence-electron chi connectivity index (χ2n) is 35.9. The molecule has 18 aromatic rings. The van der Waals surface area contributed by atoms with Crippen molar-refractivity contribution in [3.63, 3.8) is 0 Å². The van der Waals surface area contributed by atoms with Crippen molar-refractivity contribution in [2.75, 3.05) is 75.7 Å². The second kappa shape index (κ2) is 48.4. The summed E-state index contributed by atoms with van der Waals surface area (Å²) in [5.74, 6) is 5.81. The molecule has 37 nitrogen and oxygen atoms in total. The van der Waals surface area contributed by atoms with Crippen LogP contribution in [0.3, 0.4) is 0 Å². The summed E-state index contributed by atoms with van der Waals surface area (Å²) >= 11 is 24.0. The van der Waals surface area contributed by atoms with Gasteiger partial charge in [-0.05, 0) is 188 Å². The van der Waals surface area contributed by atoms with Gasteiger partial charge in [-0.1, -0.05) is 137 Å². The number of methoxy groups -OCH3 is 4. The monoisotopic (exact) mass is 2110 g/mol. The van der Waals surface area contributed by atoms with Crippen LogP contribution in [-0.4, -0.2) is 167 Å². The van der Waals surface area contributed by atoms with Gasteiger partial charge in [0, 0.05) is 90.9 Å². The number of imidazole rings is 3. The molecule has 0 radical (unpaired) electrons. The van der Waals surface area contributed by atoms with Crippen LogP contribution in [0.5, 0.6) is 23.0 Å². The van der Waals surface area contributed by atoms with Gasteiger partial charge in [0.25, 0.3) is 5.92 Å². The number of halogens is 6. The maximum absolute atomic E-state index is 13.0. The molecule has 4 aliphatic heterocycles. The Morgan fingerprint density at radius 1 is 0.420 bits per heavy atom. The SMILES string of the molecule is COc1c(N)cccc1-c1ncnn1C.COc1c(Nc2cc(CCc3ccccc3)nc3c2nc(C)n3C2CCCCO2)cccc1-c1ncnn1C.COc1c(Nc2cc(Cl)nc3c2nc(C)n3C2CCCCO2)cccc1-c1ncnn1C.COc1c(Nc2cc(N)nc3c2N=C(C)C3)cccc1-c1ncnn1C.Cc1nc2c(Cl)cc(Cl)nc2n1C1CCCCO1.FC1(F)CCc2ccc(Cl)nc21.NCc1ccccc1. The van der Waals surface area contributed by atoms with Crippen molar-refractivity contribution >= 4 is 137 Å². The molecule has 150 heavy (non-hydrogen) atoms. The Morgan fingerprint density at radius 2 is 0.840 bits per heavy atom. The van der Waals surface area contributed by atoms with Gasteiger partial charge in [-0.3, -0.25) is 18.7 Å². The zero-order valence-electron chi connectivity index (χ0n) is 85.0. The van der Waals surface area contributed by atoms with Crippen LogP contribution in [0.4, 0.5) is 60.1 Å². The van der Waals surface area contributed by atoms with Gasteiger partial charge in [0.2, 0.25) is 0 Å². The van der Waals surface area contributed by atoms with Crippen molar-refractivity contribution < 1.29 is 41.9 Å². The minimum atomic E-state index is -2.78. The quantitative estimate of drug-likeness (QED) is 0.0287. The Bertz CT molecular complexity index is 7790. The molecule has 3 unspecified atom stereocenters. The Kier molecular flexibility index (Phi) is 34.2. The highest BCUT2D eigenvalue weighted by molar-refractivity contribution is 6.37. The van der Waals surface area contributed by atoms with Gasteiger partial charge < -0.3 is 66.3 Å². The maximum Gasteiger partial charge on any atom is 0.290 e. The zero-order valence-corrected chi connectivity index (χ0v) is 88.0. The summed E-state index contributed by atoms with van der Waals surface area (Å²) in [6.07, 6.45) is 18.1. The third kappa shape index (κ3) is 24.2. The molecule has 3 fully saturated rings. The summed E-state index contributed by atoms with van der Waals surface area (Å²) < 4.78 is 79.5. The Labute approximate surface area is 884 Å². The number of aliphatic imine (C=N–C) groups is 1. The largest absolute Gasteiger partial charge is 0.494 e. The number of benzene rings is 6. The third-order valence-corrected chi connectivity index (χ3v) is 26.6. The number of hydrogen-bond donors (Lipinski definition) is 6. The highest BCUT2D eigenvalue weighted by atomic mass is 35.5. The number of ether oxygens (including phenoxy) is 7. The fourth-order valence-corrected chi connectivity index (χ4v) is 19.4. The van der Waals surface area contributed by atoms with Crippen molar-refractivity contribution in [2.45, 2.75) is 149 Å². The average molecular weight is 2110 g/mol. The van der Waals surface area contributed by atoms with Gasteiger partial charge in [0.1, 0.15) is 111 Å². The van der Waals surface area contributed by atoms with Gasteiger partial charge in [-0.15, -0.1) is 0 Å². The number of rotatable bonds is 21. The highest BCUT2D eigenvalue weighted by Crippen LogP contribution is 2.47. The first-order chi connectivity index (χ1) is 72.7. The molecule has 778 valence electrons. The molecule has 5 aliphatic rings. The molecule has 12 aromatic heterocycles. The van der Waals surface area contributed by atoms with Crippen molar-refractivity contribution in [3.8, 4) is 68.5 Å². The standard InChI is InChI=1S/C30H33N7O2.C22H24ClN7O2.C18H19N7O.C12H13Cl2N3O.C10H12N4O.C8H6ClF2N.C7H9N/c1-20-33-27-25(35-24-13-9-12-23(28(24)38-3)29-31-19-32-36(29)2)18-22(16-15-21-10-5-4-6-11-21)34-30(27)37(20)26-14-7-8-17-39-26;1-13-26-19-16(11-17(23)28-22(19)30(13)18-9-4-5-10-32-18)27-15-8-6-7-14(20(15)31-3)21-24-12-25-29(21)2;1-10-7-13-16(22-10)14(8-15(19)24-13)23-12-6-4-5-11(17(12)26-3)18-20-9-21-25(18)2;1-7-15-11-8(13)6-9(14)16-12(11)17(7)10-4-2-3-5-18-10;1-14-10(12-6-13-14)7-4-3-5-8(11)9(7)15-2;9-6-2-1-5-3-4-8(10,11)7(5)12-6;8-6-7-4-2-1-3-5-7/h4-6,9-13,18-19,26H,7-8,14-17H2,1-3H3,(H,34,35);6-8,11-12,18H,4-5,9-10H2,1-3H3,(H,27,28);4-6,8-9H,7H2,1-3H3,(H3,19,23,24);6,10H,2-5H2,1H3;3-6H,11H2,1-2H3;1-2H,3-4H2;1-5H,6,8H2. The molecule has 9 N–H and O–H groups in total. The van der Waals surface area contributed by atoms with Crippen LogP contribution in [-0.2, 0) is 80.6 Å². The minimum absolute atomic E-state index is 0.00853. The van der Waals surface area contributed by atoms with Crippen LogP contribution < -0.4 is 52.1 Å². The van der Waals surface area contributed by atoms with Crippen LogP contribution in [0.25, 0.3) is 79.0 Å². The fraction of sp³-hybridized carbons (Fsp3) is 0.318. The lowest BCUT2D eigenvalue weighted by Gasteiger charge is -2.25. The first kappa shape index (κ1) is 106. The second-order valence-corrected chi connectivity index (χ2v) is 37.4. The number of nitrogens with zero attached hydrogens (tertiary/aromatic N) is 24. The zero-order chi connectivity index (χ0) is 105. The van der Waals surface area contributed by atoms with Crippen LogP contribution in [0.2, 0.25) is 20.5 Å². The van der Waals surface area contributed by atoms with Crippen LogP contribution in [0.1, 0.15) is 141 Å². The fourth-order valence-electron chi connectivity index (χ4n) is 18.6. The third-order valence-electron chi connectivity index (χ3n) is 25.7. The molecular formula is C107H116Cl4F2N30O7. The van der Waals surface area contributed by atoms with E-state index < -0.39 is 5.92 Å². The molecule has 6 aromatic carbocycles. The van der Waals surface area contributed by atoms with Gasteiger partial charge in [-0.25, -0.2) is 78.5 Å². The summed E-state index contributed by atoms with van der Waals surface area (Å²) in [5.41, 5.74) is 37.0. The van der Waals surface area contributed by atoms with Gasteiger partial charge >= 0.3 is 0 Å². The highest BCUT2D eigenvalue weighted by Gasteiger charge is 2.41. The number of nitrogens with two attached hydrogens (primary N) is 3. The Morgan fingerprint density at radius 3 is 1.27 bits per heavy atom. The number of alkyl halides is 2. The molecule has 16 heterocycles. The summed E-state index contributed by atoms with van der Waals surface area (Å²) in [6, 6.07) is 54.1. The van der Waals surface area contributed by atoms with E-state index in [2.05, 4.69) is 121 Å². The molecule has 3 atom stereocenters. The molecule has 1 aliphatic carbocycles. The number of aryl methyl sites for hydroxylation is 10. The van der Waals surface area contributed by atoms with Crippen LogP contribution >= 0.6 is 46.4 Å². The number of para-hydroxylation sites is 4. The lowest BCUT2D eigenvalue weighted by atomic mass is 10.1. The summed E-state index contributed by atoms with van der Waals surface area (Å²) in [6.45, 7) is 10.8. The maximum atomic E-state index is 13.0. The number of fused-ring (bicyclic) bond motifs is 5. The molecule has 0 amide bonds. The van der Waals surface area contributed by atoms with Crippen molar-refractivity contribution in [2.24, 2.45) is 38.9 Å². The van der Waals surface area contributed by atoms with Gasteiger partial charge in [0.05, 0.1) is 101 Å². The molecule has 0 saturated carbocycles. The van der Waals surface area contributed by atoms with E-state index in [1.54, 1.807) is 89.9 Å². The van der Waals surface area contributed by atoms with Crippen molar-refractivity contribution in [1.29, 1.82) is 0 Å². The Hall–Kier alpha value is -15.2. The summed E-state index contributed by atoms with van der Waals surface area (Å²) in [5, 5.41) is 28.4. The van der Waals surface area contributed by atoms with Crippen LogP contribution in [0, 0.1) is 20.8 Å². The number of aromatic nitrogens is 23. The van der Waals surface area contributed by atoms with Crippen molar-refractivity contribution in [3.05, 3.63) is 267 Å². The van der Waals surface area contributed by atoms with E-state index in [4.69, 9.17) is 112 Å². The van der Waals surface area contributed by atoms with E-state index in [0.29, 0.717) is 97.4 Å². The van der Waals surface area contributed by atoms with E-state index in [1.807, 2.05) is 168 Å². The number of pyridine rings is 5. The van der Waals surface area contributed by atoms with E-state index in [9.17, 15) is 8.78 Å². The lowest BCUT2D eigenvalue weighted by molar-refractivity contribution is -0.0310. The van der Waals surface area contributed by atoms with Crippen LogP contribution in [0.15, 0.2) is 200 Å². The predicted octanol–water partition coefficient (Wildman–Crippen LogP) is 22.0. The van der Waals surface area contributed by atoms with Crippen molar-refractivity contribution in [1.82, 2.24) is 113 Å². The van der Waals surface area contributed by atoms with E-state index >= 15 is 0 Å². The lowest BCUT2D eigenvalue weighted by Crippen LogP contribution is -2.19.